The molecule has 18 heteroatoms. The van der Waals surface area contributed by atoms with Crippen LogP contribution >= 0.6 is 0 Å². The molecule has 1 unspecified atom stereocenters. The van der Waals surface area contributed by atoms with Crippen molar-refractivity contribution in [3.63, 3.8) is 0 Å². The van der Waals surface area contributed by atoms with Crippen LogP contribution in [-0.2, 0) is 30.3 Å². The molecule has 0 radical (unpaired) electrons. The summed E-state index contributed by atoms with van der Waals surface area (Å²) in [6.07, 6.45) is 2.84. The number of hydrogen-bond acceptors (Lipinski definition) is 15. The van der Waals surface area contributed by atoms with E-state index in [0.29, 0.717) is 86.7 Å². The Balaban J connectivity index is 0.934. The van der Waals surface area contributed by atoms with Gasteiger partial charge in [0, 0.05) is 49.8 Å². The first-order chi connectivity index (χ1) is 26.1. The number of fused-ring (bicyclic) bond motifs is 1. The fraction of sp³-hybridized carbons (Fsp3) is 0.417. The number of methoxy groups -OCH3 is 2. The molecule has 1 fully saturated rings. The van der Waals surface area contributed by atoms with Crippen molar-refractivity contribution in [1.82, 2.24) is 25.5 Å². The first kappa shape index (κ1) is 39.2. The number of ether oxygens (including phenoxy) is 5. The number of imide groups is 2. The number of nitrogens with zero attached hydrogens (tertiary/aromatic N) is 3. The quantitative estimate of drug-likeness (QED) is 0.0801. The number of amides is 5. The second-order valence-corrected chi connectivity index (χ2v) is 12.3. The van der Waals surface area contributed by atoms with Gasteiger partial charge in [-0.1, -0.05) is 6.07 Å². The summed E-state index contributed by atoms with van der Waals surface area (Å²) in [5.74, 6) is -0.638. The zero-order valence-corrected chi connectivity index (χ0v) is 30.1. The van der Waals surface area contributed by atoms with Crippen LogP contribution in [0.1, 0.15) is 57.5 Å². The van der Waals surface area contributed by atoms with Crippen LogP contribution in [0.15, 0.2) is 36.5 Å². The molecule has 3 aromatic rings. The van der Waals surface area contributed by atoms with Crippen LogP contribution in [0.25, 0.3) is 0 Å². The monoisotopic (exact) mass is 748 g/mol. The highest BCUT2D eigenvalue weighted by Crippen LogP contribution is 2.39. The third-order valence-electron chi connectivity index (χ3n) is 8.60. The molecule has 3 heterocycles. The van der Waals surface area contributed by atoms with Crippen LogP contribution in [0.4, 0.5) is 17.5 Å². The molecule has 288 valence electrons. The maximum absolute atomic E-state index is 13.2. The van der Waals surface area contributed by atoms with Crippen LogP contribution in [0.2, 0.25) is 0 Å². The van der Waals surface area contributed by atoms with Gasteiger partial charge in [0.25, 0.3) is 11.8 Å². The predicted molar refractivity (Wildman–Crippen MR) is 194 cm³/mol. The van der Waals surface area contributed by atoms with E-state index in [1.165, 1.54) is 20.3 Å². The fourth-order valence-corrected chi connectivity index (χ4v) is 5.97. The van der Waals surface area contributed by atoms with Crippen molar-refractivity contribution in [1.29, 1.82) is 0 Å². The van der Waals surface area contributed by atoms with E-state index in [1.807, 2.05) is 12.1 Å². The molecule has 7 N–H and O–H groups in total. The summed E-state index contributed by atoms with van der Waals surface area (Å²) in [6, 6.07) is 7.45. The minimum Gasteiger partial charge on any atom is -0.493 e. The molecule has 1 aromatic heterocycles. The smallest absolute Gasteiger partial charge is 0.264 e. The third kappa shape index (κ3) is 9.69. The molecule has 5 amide bonds. The molecule has 0 bridgehead atoms. The van der Waals surface area contributed by atoms with Crippen LogP contribution in [-0.4, -0.2) is 111 Å². The van der Waals surface area contributed by atoms with Gasteiger partial charge in [-0.25, -0.2) is 4.98 Å². The Morgan fingerprint density at radius 1 is 0.963 bits per heavy atom. The molecule has 18 nitrogen and oxygen atoms in total. The summed E-state index contributed by atoms with van der Waals surface area (Å²) >= 11 is 0. The Morgan fingerprint density at radius 2 is 1.69 bits per heavy atom. The molecule has 5 rings (SSSR count). The van der Waals surface area contributed by atoms with Gasteiger partial charge in [-0.05, 0) is 42.7 Å². The van der Waals surface area contributed by atoms with Crippen LogP contribution < -0.4 is 41.6 Å². The van der Waals surface area contributed by atoms with Crippen molar-refractivity contribution in [2.45, 2.75) is 38.1 Å². The summed E-state index contributed by atoms with van der Waals surface area (Å²) < 4.78 is 28.2. The summed E-state index contributed by atoms with van der Waals surface area (Å²) in [5.41, 5.74) is 14.0. The average Bonchev–Trinajstić information content (AvgIpc) is 3.41. The van der Waals surface area contributed by atoms with E-state index in [0.717, 1.165) is 10.5 Å². The molecular formula is C36H44N8O10. The molecule has 2 aromatic carbocycles. The number of aromatic nitrogens is 2. The van der Waals surface area contributed by atoms with Crippen molar-refractivity contribution in [3.8, 4) is 17.2 Å². The van der Waals surface area contributed by atoms with Gasteiger partial charge in [0.2, 0.25) is 29.4 Å². The Hall–Kier alpha value is -6.01. The molecule has 54 heavy (non-hydrogen) atoms. The second-order valence-electron chi connectivity index (χ2n) is 12.3. The number of nitrogens with two attached hydrogens (primary N) is 2. The minimum absolute atomic E-state index is 0.0495. The van der Waals surface area contributed by atoms with Gasteiger partial charge in [0.1, 0.15) is 11.9 Å². The fourth-order valence-electron chi connectivity index (χ4n) is 5.97. The summed E-state index contributed by atoms with van der Waals surface area (Å²) in [6.45, 7) is 2.13. The summed E-state index contributed by atoms with van der Waals surface area (Å²) in [7, 11) is 3.05. The zero-order chi connectivity index (χ0) is 38.6. The van der Waals surface area contributed by atoms with E-state index in [4.69, 9.17) is 35.2 Å². The SMILES string of the molecule is COc1cc(Cc2cnc(N)nc2N)cc(OC)c1OCCCC(=O)NCCOCCOCCNc1cccc2c1C(=O)N(C1CCC(=O)NC1=O)C2=O. The average molecular weight is 749 g/mol. The predicted octanol–water partition coefficient (Wildman–Crippen LogP) is 1.07. The summed E-state index contributed by atoms with van der Waals surface area (Å²) in [5, 5.41) is 8.12. The number of nitrogen functional groups attached to an aromatic ring is 2. The molecule has 0 aliphatic carbocycles. The number of carbonyl (C=O) groups excluding carboxylic acids is 5. The van der Waals surface area contributed by atoms with Crippen LogP contribution in [0.5, 0.6) is 17.2 Å². The van der Waals surface area contributed by atoms with Gasteiger partial charge in [0.15, 0.2) is 11.5 Å². The number of benzene rings is 2. The van der Waals surface area contributed by atoms with E-state index in [9.17, 15) is 24.0 Å². The lowest BCUT2D eigenvalue weighted by Crippen LogP contribution is -2.54. The first-order valence-corrected chi connectivity index (χ1v) is 17.4. The van der Waals surface area contributed by atoms with E-state index >= 15 is 0 Å². The molecular weight excluding hydrogens is 704 g/mol. The normalized spacial score (nSPS) is 15.1. The van der Waals surface area contributed by atoms with E-state index in [2.05, 4.69) is 25.9 Å². The Kier molecular flexibility index (Phi) is 13.5. The van der Waals surface area contributed by atoms with E-state index in [-0.39, 0.29) is 48.9 Å². The third-order valence-corrected chi connectivity index (χ3v) is 8.60. The highest BCUT2D eigenvalue weighted by molar-refractivity contribution is 6.25. The van der Waals surface area contributed by atoms with Gasteiger partial charge >= 0.3 is 0 Å². The Bertz CT molecular complexity index is 1850. The highest BCUT2D eigenvalue weighted by atomic mass is 16.5. The number of rotatable bonds is 20. The Labute approximate surface area is 311 Å². The number of hydrogen-bond donors (Lipinski definition) is 5. The highest BCUT2D eigenvalue weighted by Gasteiger charge is 2.45. The number of carbonyl (C=O) groups is 5. The van der Waals surface area contributed by atoms with Crippen molar-refractivity contribution in [2.75, 3.05) is 77.1 Å². The van der Waals surface area contributed by atoms with Crippen molar-refractivity contribution in [2.24, 2.45) is 0 Å². The summed E-state index contributed by atoms with van der Waals surface area (Å²) in [4.78, 5) is 71.3. The maximum Gasteiger partial charge on any atom is 0.264 e. The number of anilines is 3. The van der Waals surface area contributed by atoms with Gasteiger partial charge in [-0.3, -0.25) is 34.2 Å². The van der Waals surface area contributed by atoms with Crippen molar-refractivity contribution < 1.29 is 47.7 Å². The number of nitrogens with one attached hydrogen (secondary N) is 3. The van der Waals surface area contributed by atoms with E-state index in [1.54, 1.807) is 18.3 Å². The first-order valence-electron chi connectivity index (χ1n) is 17.4. The molecule has 1 saturated heterocycles. The topological polar surface area (TPSA) is 249 Å². The van der Waals surface area contributed by atoms with Gasteiger partial charge in [0.05, 0.1) is 58.4 Å². The van der Waals surface area contributed by atoms with Crippen molar-refractivity contribution in [3.05, 3.63) is 58.8 Å². The minimum atomic E-state index is -1.03. The standard InChI is InChI=1S/C36H44N8O10/c1-50-26-18-21(17-22-20-41-36(38)43-32(22)37)19-27(51-2)31(26)54-12-4-7-28(45)40-11-14-53-16-15-52-13-10-39-24-6-3-5-23-30(24)35(49)44(34(23)48)25-8-9-29(46)42-33(25)47/h3,5-6,18-20,25,39H,4,7-17H2,1-2H3,(H,40,45)(H,42,46,47)(H4,37,38,41,43). The number of piperidine rings is 1. The second kappa shape index (κ2) is 18.7. The molecule has 0 spiro atoms. The lowest BCUT2D eigenvalue weighted by atomic mass is 10.0. The zero-order valence-electron chi connectivity index (χ0n) is 30.1. The van der Waals surface area contributed by atoms with Crippen LogP contribution in [0.3, 0.4) is 0 Å². The Morgan fingerprint density at radius 3 is 2.37 bits per heavy atom. The molecule has 2 aliphatic heterocycles. The molecule has 2 aliphatic rings. The van der Waals surface area contributed by atoms with Gasteiger partial charge in [-0.15, -0.1) is 0 Å². The molecule has 1 atom stereocenters. The van der Waals surface area contributed by atoms with E-state index < -0.39 is 29.7 Å². The van der Waals surface area contributed by atoms with Gasteiger partial charge in [-0.2, -0.15) is 4.98 Å². The molecule has 0 saturated carbocycles. The van der Waals surface area contributed by atoms with Crippen LogP contribution in [0, 0.1) is 0 Å². The van der Waals surface area contributed by atoms with Crippen molar-refractivity contribution >= 4 is 47.0 Å². The lowest BCUT2D eigenvalue weighted by molar-refractivity contribution is -0.136. The largest absolute Gasteiger partial charge is 0.493 e. The van der Waals surface area contributed by atoms with Gasteiger partial charge < -0.3 is 45.8 Å². The lowest BCUT2D eigenvalue weighted by Gasteiger charge is -2.27. The maximum atomic E-state index is 13.2.